The van der Waals surface area contributed by atoms with E-state index in [2.05, 4.69) is 4.98 Å². The maximum atomic E-state index is 12.3. The summed E-state index contributed by atoms with van der Waals surface area (Å²) in [6, 6.07) is 3.36. The summed E-state index contributed by atoms with van der Waals surface area (Å²) in [5.74, 6) is -1.97. The molecule has 0 aliphatic carbocycles. The molecule has 0 saturated carbocycles. The molecule has 9 nitrogen and oxygen atoms in total. The van der Waals surface area contributed by atoms with Crippen LogP contribution in [0.5, 0.6) is 5.75 Å². The van der Waals surface area contributed by atoms with Crippen molar-refractivity contribution in [2.24, 2.45) is 0 Å². The van der Waals surface area contributed by atoms with Crippen LogP contribution in [-0.4, -0.2) is 39.8 Å². The highest BCUT2D eigenvalue weighted by molar-refractivity contribution is 5.95. The van der Waals surface area contributed by atoms with E-state index in [-0.39, 0.29) is 17.9 Å². The Hall–Kier alpha value is -3.10. The van der Waals surface area contributed by atoms with Crippen molar-refractivity contribution < 1.29 is 29.1 Å². The Kier molecular flexibility index (Phi) is 5.02. The maximum Gasteiger partial charge on any atom is 0.511 e. The molecule has 2 atom stereocenters. The van der Waals surface area contributed by atoms with E-state index in [1.165, 1.54) is 19.2 Å². The van der Waals surface area contributed by atoms with E-state index in [1.807, 2.05) is 0 Å². The van der Waals surface area contributed by atoms with Crippen molar-refractivity contribution in [3.05, 3.63) is 40.1 Å². The van der Waals surface area contributed by atoms with Gasteiger partial charge in [0.25, 0.3) is 0 Å². The number of aromatic amines is 1. The number of hydrogen-bond acceptors (Lipinski definition) is 6. The first kappa shape index (κ1) is 17.3. The van der Waals surface area contributed by atoms with Crippen molar-refractivity contribution >= 4 is 23.0 Å². The minimum absolute atomic E-state index is 0.0129. The van der Waals surface area contributed by atoms with Crippen molar-refractivity contribution in [1.82, 2.24) is 4.98 Å². The number of aromatic nitrogens is 1. The Labute approximate surface area is 136 Å². The molecule has 2 unspecified atom stereocenters. The summed E-state index contributed by atoms with van der Waals surface area (Å²) in [5.41, 5.74) is 0.748. The van der Waals surface area contributed by atoms with Crippen LogP contribution in [-0.2, 0) is 9.53 Å². The average Bonchev–Trinajstić information content (AvgIpc) is 2.92. The lowest BCUT2D eigenvalue weighted by Crippen LogP contribution is -2.31. The van der Waals surface area contributed by atoms with E-state index < -0.39 is 29.0 Å². The van der Waals surface area contributed by atoms with Crippen molar-refractivity contribution in [3.63, 3.8) is 0 Å². The summed E-state index contributed by atoms with van der Waals surface area (Å²) in [5, 5.41) is 20.4. The molecule has 0 amide bonds. The van der Waals surface area contributed by atoms with Gasteiger partial charge < -0.3 is 19.6 Å². The molecule has 0 bridgehead atoms. The van der Waals surface area contributed by atoms with E-state index in [9.17, 15) is 19.7 Å². The highest BCUT2D eigenvalue weighted by atomic mass is 16.7. The molecule has 1 aromatic carbocycles. The summed E-state index contributed by atoms with van der Waals surface area (Å²) < 4.78 is 9.69. The van der Waals surface area contributed by atoms with E-state index >= 15 is 0 Å². The minimum Gasteiger partial charge on any atom is -0.465 e. The lowest BCUT2D eigenvalue weighted by molar-refractivity contribution is -0.520. The molecule has 2 N–H and O–H groups in total. The number of carboxylic acid groups (broad SMARTS) is 1. The number of nitrogens with one attached hydrogen (secondary N) is 1. The minimum atomic E-state index is -1.52. The molecule has 0 radical (unpaired) electrons. The van der Waals surface area contributed by atoms with Crippen LogP contribution in [0.4, 0.5) is 4.79 Å². The third-order valence-electron chi connectivity index (χ3n) is 3.59. The third-order valence-corrected chi connectivity index (χ3v) is 3.59. The molecule has 2 aromatic rings. The van der Waals surface area contributed by atoms with Crippen molar-refractivity contribution in [1.29, 1.82) is 0 Å². The molecule has 24 heavy (non-hydrogen) atoms. The van der Waals surface area contributed by atoms with Gasteiger partial charge >= 0.3 is 12.1 Å². The first-order chi connectivity index (χ1) is 11.4. The van der Waals surface area contributed by atoms with Gasteiger partial charge in [-0.05, 0) is 19.1 Å². The van der Waals surface area contributed by atoms with Crippen molar-refractivity contribution in [2.45, 2.75) is 25.8 Å². The number of carbonyl (C=O) groups is 2. The summed E-state index contributed by atoms with van der Waals surface area (Å²) in [7, 11) is 0. The summed E-state index contributed by atoms with van der Waals surface area (Å²) in [6.07, 6.45) is -0.0920. The van der Waals surface area contributed by atoms with Crippen LogP contribution in [0.1, 0.15) is 25.3 Å². The number of rotatable bonds is 6. The van der Waals surface area contributed by atoms with Gasteiger partial charge in [-0.1, -0.05) is 6.07 Å². The van der Waals surface area contributed by atoms with Gasteiger partial charge in [-0.15, -0.1) is 0 Å². The van der Waals surface area contributed by atoms with Crippen molar-refractivity contribution in [3.8, 4) is 5.75 Å². The average molecular weight is 336 g/mol. The van der Waals surface area contributed by atoms with Gasteiger partial charge in [0.1, 0.15) is 5.75 Å². The maximum absolute atomic E-state index is 12.3. The van der Waals surface area contributed by atoms with Crippen LogP contribution in [0.15, 0.2) is 24.4 Å². The Bertz CT molecular complexity index is 783. The van der Waals surface area contributed by atoms with Gasteiger partial charge in [0.05, 0.1) is 6.61 Å². The molecule has 0 fully saturated rings. The fourth-order valence-electron chi connectivity index (χ4n) is 2.54. The number of nitrogens with zero attached hydrogens (tertiary/aromatic N) is 1. The zero-order valence-electron chi connectivity index (χ0n) is 13.0. The summed E-state index contributed by atoms with van der Waals surface area (Å²) in [6.45, 7) is 2.96. The lowest BCUT2D eigenvalue weighted by atomic mass is 9.92. The van der Waals surface area contributed by atoms with Crippen LogP contribution in [0.3, 0.4) is 0 Å². The highest BCUT2D eigenvalue weighted by Gasteiger charge is 2.38. The molecule has 1 heterocycles. The number of fused-ring (bicyclic) bond motifs is 1. The number of hydrogen-bond donors (Lipinski definition) is 2. The highest BCUT2D eigenvalue weighted by Crippen LogP contribution is 2.36. The van der Waals surface area contributed by atoms with Crippen LogP contribution in [0.25, 0.3) is 10.9 Å². The third kappa shape index (κ3) is 3.29. The second kappa shape index (κ2) is 6.99. The standard InChI is InChI=1S/C15H16N2O7/c1-3-23-14(18)12(8(2)17(21)22)9-7-16-10-5-4-6-11(13(9)10)24-15(19)20/h4-8,12,16H,3H2,1-2H3,(H,19,20). The molecule has 128 valence electrons. The van der Waals surface area contributed by atoms with Gasteiger partial charge in [0.15, 0.2) is 5.92 Å². The zero-order chi connectivity index (χ0) is 17.9. The summed E-state index contributed by atoms with van der Waals surface area (Å²) >= 11 is 0. The molecule has 0 spiro atoms. The number of esters is 1. The van der Waals surface area contributed by atoms with E-state index in [1.54, 1.807) is 19.1 Å². The molecule has 2 rings (SSSR count). The van der Waals surface area contributed by atoms with Crippen LogP contribution < -0.4 is 4.74 Å². The van der Waals surface area contributed by atoms with Gasteiger partial charge in [0.2, 0.25) is 6.04 Å². The number of nitro groups is 1. The van der Waals surface area contributed by atoms with Gasteiger partial charge in [0, 0.05) is 34.5 Å². The topological polar surface area (TPSA) is 132 Å². The van der Waals surface area contributed by atoms with Gasteiger partial charge in [-0.25, -0.2) is 4.79 Å². The predicted octanol–water partition coefficient (Wildman–Crippen LogP) is 2.54. The lowest BCUT2D eigenvalue weighted by Gasteiger charge is -2.17. The number of benzene rings is 1. The van der Waals surface area contributed by atoms with E-state index in [0.717, 1.165) is 0 Å². The predicted molar refractivity (Wildman–Crippen MR) is 82.8 cm³/mol. The summed E-state index contributed by atoms with van der Waals surface area (Å²) in [4.78, 5) is 36.6. The van der Waals surface area contributed by atoms with Crippen LogP contribution in [0.2, 0.25) is 0 Å². The number of ether oxygens (including phenoxy) is 2. The smallest absolute Gasteiger partial charge is 0.465 e. The molecular formula is C15H16N2O7. The SMILES string of the molecule is CCOC(=O)C(c1c[nH]c2cccc(OC(=O)O)c12)C(C)[N+](=O)[O-]. The van der Waals surface area contributed by atoms with E-state index in [4.69, 9.17) is 14.6 Å². The molecule has 0 saturated heterocycles. The van der Waals surface area contributed by atoms with Crippen molar-refractivity contribution in [2.75, 3.05) is 6.61 Å². The Morgan fingerprint density at radius 2 is 2.12 bits per heavy atom. The first-order valence-electron chi connectivity index (χ1n) is 7.17. The Balaban J connectivity index is 2.63. The van der Waals surface area contributed by atoms with E-state index in [0.29, 0.717) is 10.9 Å². The van der Waals surface area contributed by atoms with Gasteiger partial charge in [-0.2, -0.15) is 0 Å². The number of carbonyl (C=O) groups excluding carboxylic acids is 1. The molecule has 0 aliphatic heterocycles. The fraction of sp³-hybridized carbons (Fsp3) is 0.333. The Morgan fingerprint density at radius 3 is 2.71 bits per heavy atom. The van der Waals surface area contributed by atoms with Crippen LogP contribution >= 0.6 is 0 Å². The first-order valence-corrected chi connectivity index (χ1v) is 7.17. The largest absolute Gasteiger partial charge is 0.511 e. The molecule has 9 heteroatoms. The number of H-pyrrole nitrogens is 1. The fourth-order valence-corrected chi connectivity index (χ4v) is 2.54. The second-order valence-corrected chi connectivity index (χ2v) is 5.05. The second-order valence-electron chi connectivity index (χ2n) is 5.05. The zero-order valence-corrected chi connectivity index (χ0v) is 13.0. The molecule has 0 aliphatic rings. The van der Waals surface area contributed by atoms with Crippen LogP contribution in [0, 0.1) is 10.1 Å². The monoisotopic (exact) mass is 336 g/mol. The Morgan fingerprint density at radius 1 is 1.42 bits per heavy atom. The molecular weight excluding hydrogens is 320 g/mol. The quantitative estimate of drug-likeness (QED) is 0.358. The molecule has 1 aromatic heterocycles. The van der Waals surface area contributed by atoms with Gasteiger partial charge in [-0.3, -0.25) is 14.9 Å². The normalized spacial score (nSPS) is 13.2.